The molecule has 0 aromatic heterocycles. The normalized spacial score (nSPS) is 18.2. The van der Waals surface area contributed by atoms with Gasteiger partial charge in [-0.1, -0.05) is 48.0 Å². The van der Waals surface area contributed by atoms with Gasteiger partial charge in [-0.25, -0.2) is 0 Å². The first kappa shape index (κ1) is 19.2. The lowest BCUT2D eigenvalue weighted by atomic mass is 9.89. The van der Waals surface area contributed by atoms with E-state index in [1.54, 1.807) is 6.07 Å². The van der Waals surface area contributed by atoms with E-state index in [4.69, 9.17) is 4.74 Å². The highest BCUT2D eigenvalue weighted by Crippen LogP contribution is 2.42. The number of anilines is 1. The molecule has 29 heavy (non-hydrogen) atoms. The number of ether oxygens (including phenoxy) is 1. The van der Waals surface area contributed by atoms with Crippen molar-refractivity contribution in [1.82, 2.24) is 0 Å². The lowest BCUT2D eigenvalue weighted by Crippen LogP contribution is -2.43. The van der Waals surface area contributed by atoms with Crippen molar-refractivity contribution in [2.75, 3.05) is 18.1 Å². The molecule has 5 heteroatoms. The number of Topliss-reactive ketones (excluding diaryl/α,β-unsaturated/α-hetero) is 1. The quantitative estimate of drug-likeness (QED) is 0.697. The first-order chi connectivity index (χ1) is 13.9. The summed E-state index contributed by atoms with van der Waals surface area (Å²) in [6, 6.07) is 19.4. The van der Waals surface area contributed by atoms with Crippen LogP contribution in [0.2, 0.25) is 0 Å². The van der Waals surface area contributed by atoms with Gasteiger partial charge in [0, 0.05) is 12.0 Å². The van der Waals surface area contributed by atoms with E-state index in [0.29, 0.717) is 11.3 Å². The molecule has 1 amide bonds. The lowest BCUT2D eigenvalue weighted by molar-refractivity contribution is -0.141. The van der Waals surface area contributed by atoms with Crippen molar-refractivity contribution in [3.63, 3.8) is 0 Å². The van der Waals surface area contributed by atoms with Crippen molar-refractivity contribution in [1.29, 1.82) is 0 Å². The van der Waals surface area contributed by atoms with Crippen molar-refractivity contribution in [3.05, 3.63) is 71.8 Å². The number of rotatable bonds is 6. The Kier molecular flexibility index (Phi) is 4.84. The number of benzene rings is 3. The van der Waals surface area contributed by atoms with Crippen molar-refractivity contribution < 1.29 is 19.4 Å². The van der Waals surface area contributed by atoms with Gasteiger partial charge in [-0.3, -0.25) is 9.59 Å². The molecule has 0 aliphatic carbocycles. The highest BCUT2D eigenvalue weighted by molar-refractivity contribution is 6.08. The summed E-state index contributed by atoms with van der Waals surface area (Å²) in [5, 5.41) is 13.3. The summed E-state index contributed by atoms with van der Waals surface area (Å²) >= 11 is 0. The minimum absolute atomic E-state index is 0.232. The third-order valence-corrected chi connectivity index (χ3v) is 5.30. The summed E-state index contributed by atoms with van der Waals surface area (Å²) in [6.07, 6.45) is -0.232. The van der Waals surface area contributed by atoms with E-state index in [2.05, 4.69) is 0 Å². The van der Waals surface area contributed by atoms with Gasteiger partial charge < -0.3 is 14.7 Å². The maximum atomic E-state index is 13.0. The fourth-order valence-corrected chi connectivity index (χ4v) is 3.93. The zero-order chi connectivity index (χ0) is 20.6. The summed E-state index contributed by atoms with van der Waals surface area (Å²) in [5.41, 5.74) is 0.235. The summed E-state index contributed by atoms with van der Waals surface area (Å²) in [6.45, 7) is 3.83. The number of amides is 1. The average molecular weight is 389 g/mol. The smallest absolute Gasteiger partial charge is 0.264 e. The Labute approximate surface area is 169 Å². The zero-order valence-corrected chi connectivity index (χ0v) is 16.5. The van der Waals surface area contributed by atoms with Crippen LogP contribution in [0.25, 0.3) is 10.8 Å². The number of hydrogen-bond donors (Lipinski definition) is 1. The number of aliphatic hydroxyl groups is 1. The van der Waals surface area contributed by atoms with Crippen LogP contribution in [-0.4, -0.2) is 29.9 Å². The van der Waals surface area contributed by atoms with Crippen LogP contribution in [0.3, 0.4) is 0 Å². The number of carbonyl (C=O) groups excluding carboxylic acids is 2. The number of nitrogens with zero attached hydrogens (tertiary/aromatic N) is 1. The van der Waals surface area contributed by atoms with E-state index in [1.807, 2.05) is 61.5 Å². The molecule has 3 aromatic rings. The standard InChI is InChI=1S/C24H23NO4/c1-16-7-10-22-21(13-16)24(28,15-17(2)26)23(27)25(22)11-12-29-20-9-8-18-5-3-4-6-19(18)14-20/h3-10,13-14,28H,11-12,15H2,1-2H3. The third-order valence-electron chi connectivity index (χ3n) is 5.30. The highest BCUT2D eigenvalue weighted by Gasteiger charge is 2.50. The Balaban J connectivity index is 1.53. The van der Waals surface area contributed by atoms with Gasteiger partial charge in [-0.2, -0.15) is 0 Å². The SMILES string of the molecule is CC(=O)CC1(O)C(=O)N(CCOc2ccc3ccccc3c2)c2ccc(C)cc21. The van der Waals surface area contributed by atoms with Gasteiger partial charge >= 0.3 is 0 Å². The Morgan fingerprint density at radius 2 is 1.83 bits per heavy atom. The largest absolute Gasteiger partial charge is 0.492 e. The van der Waals surface area contributed by atoms with Crippen molar-refractivity contribution in [2.45, 2.75) is 25.9 Å². The molecule has 1 aliphatic rings. The van der Waals surface area contributed by atoms with E-state index in [0.717, 1.165) is 22.1 Å². The second kappa shape index (κ2) is 7.33. The maximum absolute atomic E-state index is 13.0. The van der Waals surface area contributed by atoms with Crippen LogP contribution in [0.5, 0.6) is 5.75 Å². The second-order valence-electron chi connectivity index (χ2n) is 7.57. The molecule has 1 aliphatic heterocycles. The fraction of sp³-hybridized carbons (Fsp3) is 0.250. The first-order valence-corrected chi connectivity index (χ1v) is 9.65. The molecule has 1 atom stereocenters. The van der Waals surface area contributed by atoms with Crippen LogP contribution in [0, 0.1) is 6.92 Å². The van der Waals surface area contributed by atoms with Gasteiger partial charge in [0.05, 0.1) is 12.2 Å². The summed E-state index contributed by atoms with van der Waals surface area (Å²) < 4.78 is 5.87. The van der Waals surface area contributed by atoms with Crippen LogP contribution in [0.1, 0.15) is 24.5 Å². The van der Waals surface area contributed by atoms with Crippen molar-refractivity contribution in [3.8, 4) is 5.75 Å². The van der Waals surface area contributed by atoms with E-state index >= 15 is 0 Å². The number of hydrogen-bond acceptors (Lipinski definition) is 4. The molecule has 5 nitrogen and oxygen atoms in total. The van der Waals surface area contributed by atoms with Gasteiger partial charge in [0.1, 0.15) is 18.1 Å². The Hall–Kier alpha value is -3.18. The van der Waals surface area contributed by atoms with Crippen LogP contribution >= 0.6 is 0 Å². The molecule has 4 rings (SSSR count). The third kappa shape index (κ3) is 3.49. The van der Waals surface area contributed by atoms with Crippen molar-refractivity contribution >= 4 is 28.2 Å². The molecule has 0 spiro atoms. The molecule has 1 N–H and O–H groups in total. The van der Waals surface area contributed by atoms with Gasteiger partial charge in [0.25, 0.3) is 5.91 Å². The summed E-state index contributed by atoms with van der Waals surface area (Å²) in [5.74, 6) is 0.0106. The van der Waals surface area contributed by atoms with Gasteiger partial charge in [0.2, 0.25) is 0 Å². The molecule has 1 heterocycles. The molecule has 0 saturated heterocycles. The monoisotopic (exact) mass is 389 g/mol. The molecule has 1 unspecified atom stereocenters. The van der Waals surface area contributed by atoms with Crippen LogP contribution < -0.4 is 9.64 Å². The van der Waals surface area contributed by atoms with E-state index in [1.165, 1.54) is 11.8 Å². The Morgan fingerprint density at radius 3 is 2.59 bits per heavy atom. The van der Waals surface area contributed by atoms with Crippen LogP contribution in [-0.2, 0) is 15.2 Å². The van der Waals surface area contributed by atoms with Gasteiger partial charge in [-0.15, -0.1) is 0 Å². The molecular formula is C24H23NO4. The number of carbonyl (C=O) groups is 2. The number of ketones is 1. The molecule has 148 valence electrons. The lowest BCUT2D eigenvalue weighted by Gasteiger charge is -2.22. The molecular weight excluding hydrogens is 366 g/mol. The van der Waals surface area contributed by atoms with Gasteiger partial charge in [-0.05, 0) is 42.8 Å². The summed E-state index contributed by atoms with van der Waals surface area (Å²) in [4.78, 5) is 26.2. The second-order valence-corrected chi connectivity index (χ2v) is 7.57. The zero-order valence-electron chi connectivity index (χ0n) is 16.5. The van der Waals surface area contributed by atoms with E-state index in [-0.39, 0.29) is 25.4 Å². The van der Waals surface area contributed by atoms with Crippen molar-refractivity contribution in [2.24, 2.45) is 0 Å². The molecule has 0 fully saturated rings. The predicted molar refractivity (Wildman–Crippen MR) is 112 cm³/mol. The summed E-state index contributed by atoms with van der Waals surface area (Å²) in [7, 11) is 0. The minimum Gasteiger partial charge on any atom is -0.492 e. The Morgan fingerprint density at radius 1 is 1.07 bits per heavy atom. The average Bonchev–Trinajstić information content (AvgIpc) is 2.89. The van der Waals surface area contributed by atoms with E-state index in [9.17, 15) is 14.7 Å². The van der Waals surface area contributed by atoms with E-state index < -0.39 is 11.5 Å². The molecule has 0 saturated carbocycles. The van der Waals surface area contributed by atoms with Crippen LogP contribution in [0.4, 0.5) is 5.69 Å². The minimum atomic E-state index is -1.81. The molecule has 0 bridgehead atoms. The molecule has 3 aromatic carbocycles. The topological polar surface area (TPSA) is 66.8 Å². The Bertz CT molecular complexity index is 1110. The number of fused-ring (bicyclic) bond motifs is 2. The predicted octanol–water partition coefficient (Wildman–Crippen LogP) is 3.74. The maximum Gasteiger partial charge on any atom is 0.264 e. The first-order valence-electron chi connectivity index (χ1n) is 9.65. The fourth-order valence-electron chi connectivity index (χ4n) is 3.93. The van der Waals surface area contributed by atoms with Crippen LogP contribution in [0.15, 0.2) is 60.7 Å². The van der Waals surface area contributed by atoms with Gasteiger partial charge in [0.15, 0.2) is 5.60 Å². The molecule has 0 radical (unpaired) electrons. The number of aryl methyl sites for hydroxylation is 1. The highest BCUT2D eigenvalue weighted by atomic mass is 16.5.